The Balaban J connectivity index is 1.82. The van der Waals surface area contributed by atoms with E-state index in [2.05, 4.69) is 27.4 Å². The third kappa shape index (κ3) is 1.74. The van der Waals surface area contributed by atoms with Gasteiger partial charge in [-0.25, -0.2) is 4.98 Å². The second-order valence-corrected chi connectivity index (χ2v) is 5.28. The number of anilines is 1. The highest BCUT2D eigenvalue weighted by Crippen LogP contribution is 2.43. The normalized spacial score (nSPS) is 17.7. The number of fused-ring (bicyclic) bond motifs is 1. The minimum Gasteiger partial charge on any atom is -0.366 e. The van der Waals surface area contributed by atoms with Crippen LogP contribution in [0.1, 0.15) is 38.4 Å². The zero-order chi connectivity index (χ0) is 12.6. The Morgan fingerprint density at radius 1 is 1.39 bits per heavy atom. The van der Waals surface area contributed by atoms with E-state index >= 15 is 0 Å². The van der Waals surface area contributed by atoms with Crippen molar-refractivity contribution in [3.8, 4) is 0 Å². The molecule has 2 heterocycles. The van der Waals surface area contributed by atoms with Crippen molar-refractivity contribution in [2.75, 3.05) is 11.9 Å². The van der Waals surface area contributed by atoms with Crippen molar-refractivity contribution in [2.24, 2.45) is 5.41 Å². The maximum Gasteiger partial charge on any atom is 0.203 e. The van der Waals surface area contributed by atoms with E-state index in [1.807, 2.05) is 17.5 Å². The molecule has 0 unspecified atom stereocenters. The summed E-state index contributed by atoms with van der Waals surface area (Å²) in [6.45, 7) is 5.21. The first-order valence-corrected chi connectivity index (χ1v) is 6.64. The summed E-state index contributed by atoms with van der Waals surface area (Å²) < 4.78 is 1.97. The van der Waals surface area contributed by atoms with Crippen molar-refractivity contribution >= 4 is 11.5 Å². The van der Waals surface area contributed by atoms with Crippen molar-refractivity contribution < 1.29 is 0 Å². The molecule has 0 radical (unpaired) electrons. The lowest BCUT2D eigenvalue weighted by Gasteiger charge is -2.41. The van der Waals surface area contributed by atoms with E-state index in [0.29, 0.717) is 5.41 Å². The fourth-order valence-electron chi connectivity index (χ4n) is 2.67. The minimum atomic E-state index is 0.476. The molecule has 96 valence electrons. The first kappa shape index (κ1) is 11.4. The van der Waals surface area contributed by atoms with Crippen LogP contribution in [0.5, 0.6) is 0 Å². The summed E-state index contributed by atoms with van der Waals surface area (Å²) >= 11 is 0. The molecule has 0 spiro atoms. The molecule has 0 bridgehead atoms. The van der Waals surface area contributed by atoms with E-state index < -0.39 is 0 Å². The summed E-state index contributed by atoms with van der Waals surface area (Å²) in [6.07, 6.45) is 8.93. The molecule has 5 nitrogen and oxygen atoms in total. The van der Waals surface area contributed by atoms with Crippen molar-refractivity contribution in [3.63, 3.8) is 0 Å². The van der Waals surface area contributed by atoms with Crippen LogP contribution < -0.4 is 5.32 Å². The third-order valence-corrected chi connectivity index (χ3v) is 4.29. The quantitative estimate of drug-likeness (QED) is 0.898. The molecular weight excluding hydrogens is 226 g/mol. The van der Waals surface area contributed by atoms with E-state index in [4.69, 9.17) is 0 Å². The van der Waals surface area contributed by atoms with Gasteiger partial charge < -0.3 is 5.32 Å². The van der Waals surface area contributed by atoms with Gasteiger partial charge in [-0.1, -0.05) is 13.3 Å². The van der Waals surface area contributed by atoms with Crippen LogP contribution in [0.15, 0.2) is 12.4 Å². The number of rotatable bonds is 4. The van der Waals surface area contributed by atoms with Gasteiger partial charge in [0.1, 0.15) is 5.82 Å². The number of nitrogens with one attached hydrogen (secondary N) is 1. The molecule has 2 aromatic rings. The van der Waals surface area contributed by atoms with Gasteiger partial charge in [0.05, 0.1) is 0 Å². The molecule has 1 saturated carbocycles. The van der Waals surface area contributed by atoms with Gasteiger partial charge in [-0.05, 0) is 31.6 Å². The van der Waals surface area contributed by atoms with Crippen LogP contribution in [0, 0.1) is 12.3 Å². The molecule has 0 atom stereocenters. The van der Waals surface area contributed by atoms with Gasteiger partial charge in [0, 0.05) is 18.9 Å². The predicted molar refractivity (Wildman–Crippen MR) is 70.6 cm³/mol. The summed E-state index contributed by atoms with van der Waals surface area (Å²) in [4.78, 5) is 4.38. The fraction of sp³-hybridized carbons (Fsp3) is 0.615. The highest BCUT2D eigenvalue weighted by atomic mass is 15.3. The fourth-order valence-corrected chi connectivity index (χ4v) is 2.67. The van der Waals surface area contributed by atoms with Crippen molar-refractivity contribution in [2.45, 2.75) is 39.5 Å². The first-order valence-electron chi connectivity index (χ1n) is 6.64. The van der Waals surface area contributed by atoms with Gasteiger partial charge >= 0.3 is 0 Å². The van der Waals surface area contributed by atoms with Crippen LogP contribution in [0.3, 0.4) is 0 Å². The van der Waals surface area contributed by atoms with Crippen molar-refractivity contribution in [1.29, 1.82) is 0 Å². The van der Waals surface area contributed by atoms with Crippen LogP contribution >= 0.6 is 0 Å². The smallest absolute Gasteiger partial charge is 0.203 e. The van der Waals surface area contributed by atoms with Crippen LogP contribution in [0.2, 0.25) is 0 Å². The number of hydrogen-bond acceptors (Lipinski definition) is 4. The van der Waals surface area contributed by atoms with Gasteiger partial charge in [-0.2, -0.15) is 0 Å². The Hall–Kier alpha value is -1.65. The summed E-state index contributed by atoms with van der Waals surface area (Å²) in [5, 5.41) is 11.7. The lowest BCUT2D eigenvalue weighted by atomic mass is 9.67. The molecule has 1 N–H and O–H groups in total. The molecule has 0 amide bonds. The largest absolute Gasteiger partial charge is 0.366 e. The van der Waals surface area contributed by atoms with Crippen LogP contribution in [-0.4, -0.2) is 26.1 Å². The van der Waals surface area contributed by atoms with Crippen LogP contribution in [0.25, 0.3) is 5.65 Å². The Morgan fingerprint density at radius 2 is 2.22 bits per heavy atom. The van der Waals surface area contributed by atoms with Gasteiger partial charge in [0.15, 0.2) is 5.82 Å². The number of hydrogen-bond donors (Lipinski definition) is 1. The molecule has 1 fully saturated rings. The summed E-state index contributed by atoms with van der Waals surface area (Å²) in [5.74, 6) is 1.74. The second kappa shape index (κ2) is 4.23. The lowest BCUT2D eigenvalue weighted by molar-refractivity contribution is 0.145. The van der Waals surface area contributed by atoms with E-state index in [1.165, 1.54) is 25.7 Å². The highest BCUT2D eigenvalue weighted by molar-refractivity contribution is 5.62. The zero-order valence-corrected chi connectivity index (χ0v) is 11.0. The van der Waals surface area contributed by atoms with Gasteiger partial charge in [0.2, 0.25) is 5.65 Å². The Bertz CT molecular complexity index is 550. The number of nitrogens with zero attached hydrogens (tertiary/aromatic N) is 4. The first-order chi connectivity index (χ1) is 8.74. The molecule has 3 rings (SSSR count). The van der Waals surface area contributed by atoms with E-state index in [-0.39, 0.29) is 0 Å². The van der Waals surface area contributed by atoms with Gasteiger partial charge in [0.25, 0.3) is 0 Å². The second-order valence-electron chi connectivity index (χ2n) is 5.28. The third-order valence-electron chi connectivity index (χ3n) is 4.29. The average molecular weight is 245 g/mol. The monoisotopic (exact) mass is 245 g/mol. The Kier molecular flexibility index (Phi) is 2.69. The molecule has 18 heavy (non-hydrogen) atoms. The Labute approximate surface area is 107 Å². The molecule has 0 saturated heterocycles. The average Bonchev–Trinajstić information content (AvgIpc) is 2.72. The van der Waals surface area contributed by atoms with Crippen molar-refractivity contribution in [1.82, 2.24) is 19.6 Å². The molecule has 2 aromatic heterocycles. The summed E-state index contributed by atoms with van der Waals surface area (Å²) in [5.41, 5.74) is 1.30. The highest BCUT2D eigenvalue weighted by Gasteiger charge is 2.34. The van der Waals surface area contributed by atoms with Crippen LogP contribution in [-0.2, 0) is 0 Å². The Morgan fingerprint density at radius 3 is 2.89 bits per heavy atom. The van der Waals surface area contributed by atoms with Crippen molar-refractivity contribution in [3.05, 3.63) is 18.2 Å². The van der Waals surface area contributed by atoms with Gasteiger partial charge in [-0.15, -0.1) is 10.2 Å². The van der Waals surface area contributed by atoms with Gasteiger partial charge in [-0.3, -0.25) is 4.40 Å². The standard InChI is InChI=1S/C13H19N5/c1-3-13(5-4-6-13)9-15-11-12-17-16-10(2)18(12)8-7-14-11/h7-8H,3-6,9H2,1-2H3,(H,14,15). The van der Waals surface area contributed by atoms with Crippen LogP contribution in [0.4, 0.5) is 5.82 Å². The maximum atomic E-state index is 4.38. The van der Waals surface area contributed by atoms with E-state index in [9.17, 15) is 0 Å². The maximum absolute atomic E-state index is 4.38. The molecule has 5 heteroatoms. The minimum absolute atomic E-state index is 0.476. The number of aryl methyl sites for hydroxylation is 1. The van der Waals surface area contributed by atoms with E-state index in [0.717, 1.165) is 23.8 Å². The molecule has 1 aliphatic rings. The SMILES string of the molecule is CCC1(CNc2nccn3c(C)nnc23)CCC1. The lowest BCUT2D eigenvalue weighted by Crippen LogP contribution is -2.36. The van der Waals surface area contributed by atoms with E-state index in [1.54, 1.807) is 6.20 Å². The topological polar surface area (TPSA) is 55.1 Å². The predicted octanol–water partition coefficient (Wildman–Crippen LogP) is 2.42. The molecule has 0 aromatic carbocycles. The molecular formula is C13H19N5. The summed E-state index contributed by atoms with van der Waals surface area (Å²) in [7, 11) is 0. The zero-order valence-electron chi connectivity index (χ0n) is 11.0. The molecule has 0 aliphatic heterocycles. The summed E-state index contributed by atoms with van der Waals surface area (Å²) in [6, 6.07) is 0. The number of aromatic nitrogens is 4. The molecule has 1 aliphatic carbocycles.